The highest BCUT2D eigenvalue weighted by Gasteiger charge is 2.27. The molecule has 0 spiro atoms. The summed E-state index contributed by atoms with van der Waals surface area (Å²) in [5.74, 6) is 1.14. The fourth-order valence-electron chi connectivity index (χ4n) is 2.15. The molecule has 0 aliphatic carbocycles. The number of benzene rings is 1. The molecule has 100 valence electrons. The van der Waals surface area contributed by atoms with Gasteiger partial charge < -0.3 is 4.74 Å². The first-order chi connectivity index (χ1) is 8.62. The molecule has 1 aliphatic rings. The maximum atomic E-state index is 11.7. The Labute approximate surface area is 109 Å². The molecule has 5 heteroatoms. The average molecular weight is 269 g/mol. The number of nitrogens with zero attached hydrogens (tertiary/aromatic N) is 1. The van der Waals surface area contributed by atoms with E-state index >= 15 is 0 Å². The topological polar surface area (TPSA) is 46.6 Å². The molecule has 0 N–H and O–H groups in total. The zero-order valence-electron chi connectivity index (χ0n) is 10.6. The first kappa shape index (κ1) is 13.4. The van der Waals surface area contributed by atoms with Gasteiger partial charge in [-0.25, -0.2) is 12.7 Å². The van der Waals surface area contributed by atoms with Crippen LogP contribution in [0.15, 0.2) is 24.3 Å². The van der Waals surface area contributed by atoms with Gasteiger partial charge >= 0.3 is 0 Å². The van der Waals surface area contributed by atoms with Crippen LogP contribution in [-0.2, 0) is 16.4 Å². The van der Waals surface area contributed by atoms with Gasteiger partial charge in [-0.2, -0.15) is 0 Å². The molecule has 1 aromatic carbocycles. The summed E-state index contributed by atoms with van der Waals surface area (Å²) in [6, 6.07) is 7.84. The summed E-state index contributed by atoms with van der Waals surface area (Å²) in [5.41, 5.74) is 1.11. The second-order valence-corrected chi connectivity index (χ2v) is 6.49. The fraction of sp³-hybridized carbons (Fsp3) is 0.538. The fourth-order valence-corrected chi connectivity index (χ4v) is 3.68. The Morgan fingerprint density at radius 2 is 2.22 bits per heavy atom. The van der Waals surface area contributed by atoms with Gasteiger partial charge in [-0.05, 0) is 37.5 Å². The van der Waals surface area contributed by atoms with Gasteiger partial charge in [-0.3, -0.25) is 0 Å². The molecule has 0 unspecified atom stereocenters. The summed E-state index contributed by atoms with van der Waals surface area (Å²) in [6.07, 6.45) is 1.49. The van der Waals surface area contributed by atoms with Crippen LogP contribution in [0.3, 0.4) is 0 Å². The van der Waals surface area contributed by atoms with Gasteiger partial charge in [0.25, 0.3) is 0 Å². The summed E-state index contributed by atoms with van der Waals surface area (Å²) in [7, 11) is -2.98. The molecule has 0 amide bonds. The van der Waals surface area contributed by atoms with Gasteiger partial charge in [-0.1, -0.05) is 12.1 Å². The Balaban J connectivity index is 1.96. The van der Waals surface area contributed by atoms with Crippen LogP contribution in [0.5, 0.6) is 5.75 Å². The molecule has 1 saturated heterocycles. The van der Waals surface area contributed by atoms with Crippen molar-refractivity contribution in [1.29, 1.82) is 0 Å². The van der Waals surface area contributed by atoms with Crippen LogP contribution in [0.4, 0.5) is 0 Å². The van der Waals surface area contributed by atoms with Gasteiger partial charge in [0, 0.05) is 13.1 Å². The van der Waals surface area contributed by atoms with Gasteiger partial charge in [0.1, 0.15) is 5.75 Å². The molecule has 1 aromatic rings. The quantitative estimate of drug-likeness (QED) is 0.817. The van der Waals surface area contributed by atoms with Crippen molar-refractivity contribution >= 4 is 10.0 Å². The zero-order chi connectivity index (χ0) is 13.0. The van der Waals surface area contributed by atoms with E-state index in [0.717, 1.165) is 24.2 Å². The molecular formula is C13H19NO3S. The van der Waals surface area contributed by atoms with E-state index in [1.807, 2.05) is 31.2 Å². The van der Waals surface area contributed by atoms with Crippen molar-refractivity contribution in [2.45, 2.75) is 19.8 Å². The largest absolute Gasteiger partial charge is 0.494 e. The van der Waals surface area contributed by atoms with Gasteiger partial charge in [0.2, 0.25) is 10.0 Å². The predicted molar refractivity (Wildman–Crippen MR) is 71.3 cm³/mol. The smallest absolute Gasteiger partial charge is 0.214 e. The molecule has 1 fully saturated rings. The summed E-state index contributed by atoms with van der Waals surface area (Å²) >= 11 is 0. The molecule has 0 aromatic heterocycles. The minimum atomic E-state index is -2.98. The van der Waals surface area contributed by atoms with Crippen molar-refractivity contribution in [3.8, 4) is 5.75 Å². The second kappa shape index (κ2) is 5.71. The van der Waals surface area contributed by atoms with Crippen LogP contribution in [-0.4, -0.2) is 38.2 Å². The lowest BCUT2D eigenvalue weighted by molar-refractivity contribution is 0.340. The minimum Gasteiger partial charge on any atom is -0.494 e. The Morgan fingerprint density at radius 1 is 1.39 bits per heavy atom. The number of rotatable bonds is 5. The van der Waals surface area contributed by atoms with E-state index in [2.05, 4.69) is 0 Å². The lowest BCUT2D eigenvalue weighted by atomic mass is 10.1. The van der Waals surface area contributed by atoms with Crippen molar-refractivity contribution in [3.63, 3.8) is 0 Å². The molecule has 1 aliphatic heterocycles. The first-order valence-corrected chi connectivity index (χ1v) is 7.92. The number of hydrogen-bond donors (Lipinski definition) is 0. The summed E-state index contributed by atoms with van der Waals surface area (Å²) in [6.45, 7) is 3.82. The van der Waals surface area contributed by atoms with Crippen LogP contribution >= 0.6 is 0 Å². The molecule has 0 radical (unpaired) electrons. The molecule has 18 heavy (non-hydrogen) atoms. The first-order valence-electron chi connectivity index (χ1n) is 6.31. The normalized spacial score (nSPS) is 18.9. The SMILES string of the molecule is CCOc1cccc(CCN2CCCS2(=O)=O)c1. The van der Waals surface area contributed by atoms with Gasteiger partial charge in [-0.15, -0.1) is 0 Å². The van der Waals surface area contributed by atoms with Crippen LogP contribution < -0.4 is 4.74 Å². The monoisotopic (exact) mass is 269 g/mol. The van der Waals surface area contributed by atoms with Crippen LogP contribution in [0.1, 0.15) is 18.9 Å². The molecule has 4 nitrogen and oxygen atoms in total. The highest BCUT2D eigenvalue weighted by molar-refractivity contribution is 7.89. The van der Waals surface area contributed by atoms with Crippen LogP contribution in [0.2, 0.25) is 0 Å². The van der Waals surface area contributed by atoms with E-state index < -0.39 is 10.0 Å². The molecule has 0 saturated carbocycles. The summed E-state index contributed by atoms with van der Waals surface area (Å²) in [4.78, 5) is 0. The molecule has 0 bridgehead atoms. The Morgan fingerprint density at radius 3 is 2.89 bits per heavy atom. The summed E-state index contributed by atoms with van der Waals surface area (Å²) in [5, 5.41) is 0. The van der Waals surface area contributed by atoms with E-state index in [9.17, 15) is 8.42 Å². The van der Waals surface area contributed by atoms with Crippen LogP contribution in [0, 0.1) is 0 Å². The third-order valence-electron chi connectivity index (χ3n) is 3.06. The standard InChI is InChI=1S/C13H19NO3S/c1-2-17-13-6-3-5-12(11-13)7-9-14-8-4-10-18(14,15)16/h3,5-6,11H,2,4,7-10H2,1H3. The van der Waals surface area contributed by atoms with Crippen molar-refractivity contribution < 1.29 is 13.2 Å². The number of hydrogen-bond acceptors (Lipinski definition) is 3. The third kappa shape index (κ3) is 3.23. The van der Waals surface area contributed by atoms with Gasteiger partial charge in [0.15, 0.2) is 0 Å². The van der Waals surface area contributed by atoms with Crippen molar-refractivity contribution in [3.05, 3.63) is 29.8 Å². The van der Waals surface area contributed by atoms with Gasteiger partial charge in [0.05, 0.1) is 12.4 Å². The zero-order valence-corrected chi connectivity index (χ0v) is 11.4. The number of sulfonamides is 1. The average Bonchev–Trinajstić information content (AvgIpc) is 2.67. The van der Waals surface area contributed by atoms with Crippen molar-refractivity contribution in [1.82, 2.24) is 4.31 Å². The molecular weight excluding hydrogens is 250 g/mol. The van der Waals surface area contributed by atoms with E-state index in [-0.39, 0.29) is 0 Å². The summed E-state index contributed by atoms with van der Waals surface area (Å²) < 4.78 is 30.3. The minimum absolute atomic E-state index is 0.298. The van der Waals surface area contributed by atoms with E-state index in [1.165, 1.54) is 0 Å². The highest BCUT2D eigenvalue weighted by atomic mass is 32.2. The maximum absolute atomic E-state index is 11.7. The lowest BCUT2D eigenvalue weighted by Crippen LogP contribution is -2.27. The predicted octanol–water partition coefficient (Wildman–Crippen LogP) is 1.66. The lowest BCUT2D eigenvalue weighted by Gasteiger charge is -2.14. The third-order valence-corrected chi connectivity index (χ3v) is 5.02. The molecule has 0 atom stereocenters. The van der Waals surface area contributed by atoms with Crippen LogP contribution in [0.25, 0.3) is 0 Å². The second-order valence-electron chi connectivity index (χ2n) is 4.40. The molecule has 2 rings (SSSR count). The van der Waals surface area contributed by atoms with Crippen molar-refractivity contribution in [2.75, 3.05) is 25.4 Å². The number of ether oxygens (including phenoxy) is 1. The molecule has 1 heterocycles. The Kier molecular flexibility index (Phi) is 4.24. The van der Waals surface area contributed by atoms with E-state index in [0.29, 0.717) is 25.4 Å². The highest BCUT2D eigenvalue weighted by Crippen LogP contribution is 2.17. The maximum Gasteiger partial charge on any atom is 0.214 e. The Hall–Kier alpha value is -1.07. The Bertz CT molecular complexity index is 499. The van der Waals surface area contributed by atoms with Crippen molar-refractivity contribution in [2.24, 2.45) is 0 Å². The van der Waals surface area contributed by atoms with E-state index in [1.54, 1.807) is 4.31 Å². The van der Waals surface area contributed by atoms with E-state index in [4.69, 9.17) is 4.74 Å².